The Balaban J connectivity index is 2.95. The Hall–Kier alpha value is -0.680. The van der Waals surface area contributed by atoms with Crippen molar-refractivity contribution in [2.45, 2.75) is 17.5 Å². The number of nitrogens with one attached hydrogen (secondary N) is 1. The molecule has 1 aromatic rings. The maximum atomic E-state index is 13.3. The molecule has 0 saturated carbocycles. The summed E-state index contributed by atoms with van der Waals surface area (Å²) in [5.41, 5.74) is 0.0682. The first kappa shape index (κ1) is 28.4. The van der Waals surface area contributed by atoms with Crippen LogP contribution in [0.1, 0.15) is 10.4 Å². The highest BCUT2D eigenvalue weighted by Crippen LogP contribution is 2.38. The summed E-state index contributed by atoms with van der Waals surface area (Å²) in [7, 11) is -6.85. The van der Waals surface area contributed by atoms with Crippen LogP contribution in [0.15, 0.2) is 24.3 Å². The third-order valence-corrected chi connectivity index (χ3v) is 7.56. The van der Waals surface area contributed by atoms with Gasteiger partial charge in [0.2, 0.25) is 0 Å². The molecule has 1 unspecified atom stereocenters. The number of carbonyl (C=O) groups excluding carboxylic acids is 3. The quantitative estimate of drug-likeness (QED) is 0.117. The first-order chi connectivity index (χ1) is 13.9. The van der Waals surface area contributed by atoms with Crippen LogP contribution in [-0.4, -0.2) is 48.3 Å². The first-order valence-corrected chi connectivity index (χ1v) is 11.8. The van der Waals surface area contributed by atoms with Crippen LogP contribution in [0.4, 0.5) is 22.0 Å². The molecule has 0 heterocycles. The number of halogens is 8. The summed E-state index contributed by atoms with van der Waals surface area (Å²) in [5.74, 6) is -4.47. The fourth-order valence-electron chi connectivity index (χ4n) is 1.70. The lowest BCUT2D eigenvalue weighted by molar-refractivity contribution is -0.257. The molecule has 1 aromatic carbocycles. The molecule has 0 fully saturated rings. The van der Waals surface area contributed by atoms with Gasteiger partial charge >= 0.3 is 17.4 Å². The summed E-state index contributed by atoms with van der Waals surface area (Å²) < 4.78 is 101. The molecule has 17 heteroatoms. The van der Waals surface area contributed by atoms with Gasteiger partial charge in [-0.2, -0.15) is 22.0 Å². The van der Waals surface area contributed by atoms with Gasteiger partial charge in [-0.25, -0.2) is 13.2 Å². The molecule has 8 nitrogen and oxygen atoms in total. The minimum absolute atomic E-state index is 0.0572. The highest BCUT2D eigenvalue weighted by atomic mass is 127. The van der Waals surface area contributed by atoms with Gasteiger partial charge in [0.05, 0.1) is 5.56 Å². The molecule has 172 valence electrons. The van der Waals surface area contributed by atoms with Crippen LogP contribution in [0.2, 0.25) is 0 Å². The summed E-state index contributed by atoms with van der Waals surface area (Å²) >= 11 is 5.65. The summed E-state index contributed by atoms with van der Waals surface area (Å²) in [6.07, 6.45) is -10.6. The van der Waals surface area contributed by atoms with Gasteiger partial charge in [-0.1, -0.05) is 0 Å². The van der Waals surface area contributed by atoms with Crippen LogP contribution >= 0.6 is 67.8 Å². The molecular weight excluding hydrogens is 802 g/mol. The van der Waals surface area contributed by atoms with Crippen molar-refractivity contribution in [1.29, 1.82) is 0 Å². The van der Waals surface area contributed by atoms with Gasteiger partial charge in [-0.15, -0.1) is 0 Å². The largest absolute Gasteiger partial charge is 0.743 e. The third-order valence-electron chi connectivity index (χ3n) is 3.01. The number of alkyl halides is 5. The smallest absolute Gasteiger partial charge is 0.432 e. The highest BCUT2D eigenvalue weighted by Gasteiger charge is 2.62. The topological polar surface area (TPSA) is 130 Å². The fourth-order valence-corrected chi connectivity index (χ4v) is 4.54. The summed E-state index contributed by atoms with van der Waals surface area (Å²) in [4.78, 5) is 35.2. The predicted molar refractivity (Wildman–Crippen MR) is 117 cm³/mol. The van der Waals surface area contributed by atoms with Gasteiger partial charge in [-0.3, -0.25) is 14.9 Å². The maximum absolute atomic E-state index is 13.3. The number of esters is 1. The fraction of sp³-hybridized carbons (Fsp3) is 0.214. The Morgan fingerprint density at radius 3 is 2.10 bits per heavy atom. The van der Waals surface area contributed by atoms with Crippen molar-refractivity contribution in [3.05, 3.63) is 40.6 Å². The number of imide groups is 1. The Kier molecular flexibility index (Phi) is 9.61. The normalized spacial score (nSPS) is 13.7. The minimum Gasteiger partial charge on any atom is -0.743 e. The van der Waals surface area contributed by atoms with Crippen molar-refractivity contribution in [2.24, 2.45) is 0 Å². The number of rotatable bonds is 6. The standard InChI is InChI=1S/C14H7F5I3NO7S/c15-13(16,17)12(14(18,19)31(27,28)29)30-9(25)2-1-8(24)23-11(26)6-3-5(20)4-7(21)10(6)22/h1-4,12H,(H,23,24,26)(H,27,28,29)/p-1/b2-1-. The maximum Gasteiger partial charge on any atom is 0.432 e. The Morgan fingerprint density at radius 2 is 1.61 bits per heavy atom. The molecule has 0 spiro atoms. The van der Waals surface area contributed by atoms with E-state index in [1.807, 2.05) is 67.8 Å². The molecule has 31 heavy (non-hydrogen) atoms. The number of hydrogen-bond donors (Lipinski definition) is 1. The minimum atomic E-state index is -6.85. The van der Waals surface area contributed by atoms with E-state index >= 15 is 0 Å². The number of benzene rings is 1. The van der Waals surface area contributed by atoms with E-state index in [2.05, 4.69) is 4.74 Å². The zero-order chi connectivity index (χ0) is 24.4. The molecule has 0 bridgehead atoms. The lowest BCUT2D eigenvalue weighted by Gasteiger charge is -2.29. The summed E-state index contributed by atoms with van der Waals surface area (Å²) in [6, 6.07) is 3.15. The third kappa shape index (κ3) is 7.70. The molecule has 2 amide bonds. The first-order valence-electron chi connectivity index (χ1n) is 7.16. The Morgan fingerprint density at radius 1 is 1.06 bits per heavy atom. The van der Waals surface area contributed by atoms with Gasteiger partial charge < -0.3 is 9.29 Å². The van der Waals surface area contributed by atoms with Crippen LogP contribution in [0.3, 0.4) is 0 Å². The Labute approximate surface area is 211 Å². The molecular formula is C14H6F5I3NO7S-. The molecule has 0 aliphatic heterocycles. The zero-order valence-corrected chi connectivity index (χ0v) is 21.5. The Bertz CT molecular complexity index is 1040. The van der Waals surface area contributed by atoms with Gasteiger partial charge in [-0.05, 0) is 79.9 Å². The van der Waals surface area contributed by atoms with Crippen molar-refractivity contribution in [2.75, 3.05) is 0 Å². The predicted octanol–water partition coefficient (Wildman–Crippen LogP) is 2.93. The monoisotopic (exact) mass is 808 g/mol. The van der Waals surface area contributed by atoms with Gasteiger partial charge in [0.25, 0.3) is 17.9 Å². The molecule has 0 aromatic heterocycles. The summed E-state index contributed by atoms with van der Waals surface area (Å²) in [5, 5.41) is -4.24. The van der Waals surface area contributed by atoms with Gasteiger partial charge in [0, 0.05) is 22.9 Å². The van der Waals surface area contributed by atoms with Crippen molar-refractivity contribution in [3.8, 4) is 0 Å². The number of amides is 2. The number of carbonyl (C=O) groups is 3. The van der Waals surface area contributed by atoms with Gasteiger partial charge in [0.1, 0.15) is 0 Å². The molecule has 0 radical (unpaired) electrons. The van der Waals surface area contributed by atoms with E-state index < -0.39 is 45.4 Å². The van der Waals surface area contributed by atoms with E-state index in [-0.39, 0.29) is 17.7 Å². The van der Waals surface area contributed by atoms with E-state index in [4.69, 9.17) is 0 Å². The van der Waals surface area contributed by atoms with Crippen LogP contribution in [0.5, 0.6) is 0 Å². The lowest BCUT2D eigenvalue weighted by Crippen LogP contribution is -2.52. The molecule has 1 N–H and O–H groups in total. The lowest BCUT2D eigenvalue weighted by atomic mass is 10.2. The van der Waals surface area contributed by atoms with E-state index in [1.165, 1.54) is 6.07 Å². The SMILES string of the molecule is O=C(/C=C\C(=O)OC(C(F)(F)F)C(F)(F)S(=O)(=O)[O-])NC(=O)c1cc(I)cc(I)c1I. The molecule has 0 saturated heterocycles. The molecule has 1 rings (SSSR count). The highest BCUT2D eigenvalue weighted by molar-refractivity contribution is 14.1. The number of ether oxygens (including phenoxy) is 1. The van der Waals surface area contributed by atoms with Crippen molar-refractivity contribution in [3.63, 3.8) is 0 Å². The van der Waals surface area contributed by atoms with E-state index in [0.29, 0.717) is 10.7 Å². The van der Waals surface area contributed by atoms with Crippen molar-refractivity contribution >= 4 is 95.7 Å². The second kappa shape index (κ2) is 10.5. The second-order valence-electron chi connectivity index (χ2n) is 5.28. The molecule has 0 aliphatic carbocycles. The van der Waals surface area contributed by atoms with E-state index in [9.17, 15) is 49.3 Å². The average molecular weight is 808 g/mol. The number of hydrogen-bond acceptors (Lipinski definition) is 7. The van der Waals surface area contributed by atoms with Crippen LogP contribution in [0.25, 0.3) is 0 Å². The molecule has 0 aliphatic rings. The van der Waals surface area contributed by atoms with Gasteiger partial charge in [0.15, 0.2) is 10.1 Å². The van der Waals surface area contributed by atoms with Crippen molar-refractivity contribution < 1.29 is 54.0 Å². The van der Waals surface area contributed by atoms with E-state index in [1.54, 1.807) is 11.4 Å². The van der Waals surface area contributed by atoms with Crippen LogP contribution in [0, 0.1) is 10.7 Å². The average Bonchev–Trinajstić information content (AvgIpc) is 2.58. The van der Waals surface area contributed by atoms with Crippen LogP contribution < -0.4 is 5.32 Å². The van der Waals surface area contributed by atoms with E-state index in [0.717, 1.165) is 0 Å². The second-order valence-corrected chi connectivity index (χ2v) is 10.2. The molecule has 1 atom stereocenters. The summed E-state index contributed by atoms with van der Waals surface area (Å²) in [6.45, 7) is 0. The zero-order valence-electron chi connectivity index (χ0n) is 14.2. The van der Waals surface area contributed by atoms with Crippen LogP contribution in [-0.2, 0) is 24.4 Å². The van der Waals surface area contributed by atoms with Crippen molar-refractivity contribution in [1.82, 2.24) is 5.32 Å².